The van der Waals surface area contributed by atoms with E-state index in [9.17, 15) is 14.7 Å². The van der Waals surface area contributed by atoms with Gasteiger partial charge in [-0.2, -0.15) is 5.10 Å². The number of hydrogen-bond acceptors (Lipinski definition) is 5. The number of nitrogens with one attached hydrogen (secondary N) is 3. The molecule has 0 radical (unpaired) electrons. The van der Waals surface area contributed by atoms with Gasteiger partial charge in [0.1, 0.15) is 11.5 Å². The first-order valence-corrected chi connectivity index (χ1v) is 9.53. The third kappa shape index (κ3) is 7.37. The first kappa shape index (κ1) is 21.7. The molecule has 0 aliphatic heterocycles. The Balaban J connectivity index is 1.41. The second-order valence-corrected chi connectivity index (χ2v) is 6.72. The number of aromatic hydroxyl groups is 1. The summed E-state index contributed by atoms with van der Waals surface area (Å²) in [4.78, 5) is 23.8. The van der Waals surface area contributed by atoms with Crippen LogP contribution in [0.3, 0.4) is 0 Å². The van der Waals surface area contributed by atoms with Crippen molar-refractivity contribution in [3.8, 4) is 11.5 Å². The molecule has 0 aliphatic carbocycles. The number of rotatable bonds is 7. The van der Waals surface area contributed by atoms with E-state index in [2.05, 4.69) is 21.2 Å². The highest BCUT2D eigenvalue weighted by Gasteiger charge is 2.05. The van der Waals surface area contributed by atoms with Gasteiger partial charge < -0.3 is 20.5 Å². The minimum absolute atomic E-state index is 0.151. The lowest BCUT2D eigenvalue weighted by atomic mass is 10.2. The monoisotopic (exact) mass is 438 g/mol. The SMILES string of the molecule is O=C(COc1ccc(NC(=O)Nc2ccc(Cl)cc2)cc1)N/N=C/c1ccc(O)cc1. The lowest BCUT2D eigenvalue weighted by Crippen LogP contribution is -2.24. The van der Waals surface area contributed by atoms with Crippen LogP contribution >= 0.6 is 11.6 Å². The van der Waals surface area contributed by atoms with Crippen LogP contribution in [-0.2, 0) is 4.79 Å². The fourth-order valence-corrected chi connectivity index (χ4v) is 2.51. The van der Waals surface area contributed by atoms with Gasteiger partial charge in [0.15, 0.2) is 6.61 Å². The number of benzene rings is 3. The Bertz CT molecular complexity index is 1050. The average Bonchev–Trinajstić information content (AvgIpc) is 2.76. The minimum Gasteiger partial charge on any atom is -0.508 e. The smallest absolute Gasteiger partial charge is 0.323 e. The molecule has 3 rings (SSSR count). The maximum Gasteiger partial charge on any atom is 0.323 e. The van der Waals surface area contributed by atoms with Crippen LogP contribution in [0.4, 0.5) is 16.2 Å². The first-order chi connectivity index (χ1) is 15.0. The number of phenolic OH excluding ortho intramolecular Hbond substituents is 1. The molecule has 0 heterocycles. The topological polar surface area (TPSA) is 112 Å². The fraction of sp³-hybridized carbons (Fsp3) is 0.0455. The zero-order valence-electron chi connectivity index (χ0n) is 16.2. The number of anilines is 2. The van der Waals surface area contributed by atoms with Gasteiger partial charge in [0, 0.05) is 16.4 Å². The van der Waals surface area contributed by atoms with E-state index in [0.717, 1.165) is 5.56 Å². The Morgan fingerprint density at radius 3 is 2.10 bits per heavy atom. The predicted octanol–water partition coefficient (Wildman–Crippen LogP) is 4.22. The van der Waals surface area contributed by atoms with Gasteiger partial charge >= 0.3 is 6.03 Å². The molecule has 0 aromatic heterocycles. The van der Waals surface area contributed by atoms with Gasteiger partial charge in [-0.3, -0.25) is 4.79 Å². The van der Waals surface area contributed by atoms with Crippen molar-refractivity contribution in [3.05, 3.63) is 83.4 Å². The summed E-state index contributed by atoms with van der Waals surface area (Å²) in [5.41, 5.74) is 4.24. The molecule has 0 aliphatic rings. The van der Waals surface area contributed by atoms with E-state index in [-0.39, 0.29) is 12.4 Å². The fourth-order valence-electron chi connectivity index (χ4n) is 2.38. The van der Waals surface area contributed by atoms with Crippen LogP contribution in [0, 0.1) is 0 Å². The molecule has 0 saturated carbocycles. The van der Waals surface area contributed by atoms with E-state index in [0.29, 0.717) is 22.1 Å². The van der Waals surface area contributed by atoms with Crippen LogP contribution < -0.4 is 20.8 Å². The summed E-state index contributed by atoms with van der Waals surface area (Å²) in [5.74, 6) is 0.180. The second kappa shape index (κ2) is 10.7. The number of carbonyl (C=O) groups excluding carboxylic acids is 2. The molecule has 0 fully saturated rings. The highest BCUT2D eigenvalue weighted by atomic mass is 35.5. The van der Waals surface area contributed by atoms with Crippen molar-refractivity contribution in [2.24, 2.45) is 5.10 Å². The van der Waals surface area contributed by atoms with E-state index >= 15 is 0 Å². The van der Waals surface area contributed by atoms with E-state index in [1.54, 1.807) is 60.7 Å². The standard InChI is InChI=1S/C22H19ClN4O4/c23-16-3-5-17(6-4-16)25-22(30)26-18-7-11-20(12-8-18)31-14-21(29)27-24-13-15-1-9-19(28)10-2-15/h1-13,28H,14H2,(H,27,29)(H2,25,26,30)/b24-13+. The number of amides is 3. The maximum atomic E-state index is 12.0. The Morgan fingerprint density at radius 2 is 1.48 bits per heavy atom. The van der Waals surface area contributed by atoms with Crippen molar-refractivity contribution in [3.63, 3.8) is 0 Å². The number of urea groups is 1. The van der Waals surface area contributed by atoms with Crippen LogP contribution in [0.25, 0.3) is 0 Å². The van der Waals surface area contributed by atoms with Crippen molar-refractivity contribution in [2.45, 2.75) is 0 Å². The molecule has 3 aromatic rings. The lowest BCUT2D eigenvalue weighted by molar-refractivity contribution is -0.123. The first-order valence-electron chi connectivity index (χ1n) is 9.15. The molecule has 9 heteroatoms. The Hall–Kier alpha value is -4.04. The molecule has 3 aromatic carbocycles. The molecule has 4 N–H and O–H groups in total. The summed E-state index contributed by atoms with van der Waals surface area (Å²) in [6.07, 6.45) is 1.45. The highest BCUT2D eigenvalue weighted by Crippen LogP contribution is 2.17. The number of phenols is 1. The molecule has 0 atom stereocenters. The lowest BCUT2D eigenvalue weighted by Gasteiger charge is -2.09. The Morgan fingerprint density at radius 1 is 0.903 bits per heavy atom. The number of nitrogens with zero attached hydrogens (tertiary/aromatic N) is 1. The van der Waals surface area contributed by atoms with Gasteiger partial charge in [0.2, 0.25) is 0 Å². The van der Waals surface area contributed by atoms with Gasteiger partial charge in [-0.05, 0) is 78.4 Å². The van der Waals surface area contributed by atoms with Gasteiger partial charge in [-0.25, -0.2) is 10.2 Å². The van der Waals surface area contributed by atoms with Crippen molar-refractivity contribution in [1.29, 1.82) is 0 Å². The van der Waals surface area contributed by atoms with E-state index in [1.807, 2.05) is 0 Å². The molecular formula is C22H19ClN4O4. The molecule has 0 saturated heterocycles. The van der Waals surface area contributed by atoms with Gasteiger partial charge in [-0.15, -0.1) is 0 Å². The highest BCUT2D eigenvalue weighted by molar-refractivity contribution is 6.30. The number of ether oxygens (including phenoxy) is 1. The van der Waals surface area contributed by atoms with Gasteiger partial charge in [0.25, 0.3) is 5.91 Å². The molecule has 8 nitrogen and oxygen atoms in total. The second-order valence-electron chi connectivity index (χ2n) is 6.28. The quantitative estimate of drug-likeness (QED) is 0.327. The molecule has 3 amide bonds. The number of hydrazone groups is 1. The summed E-state index contributed by atoms with van der Waals surface area (Å²) in [5, 5.41) is 19.0. The van der Waals surface area contributed by atoms with Crippen molar-refractivity contribution in [2.75, 3.05) is 17.2 Å². The summed E-state index contributed by atoms with van der Waals surface area (Å²) in [6.45, 7) is -0.225. The average molecular weight is 439 g/mol. The zero-order valence-corrected chi connectivity index (χ0v) is 17.0. The summed E-state index contributed by atoms with van der Waals surface area (Å²) < 4.78 is 5.39. The Labute approximate surface area is 183 Å². The van der Waals surface area contributed by atoms with Gasteiger partial charge in [0.05, 0.1) is 6.21 Å². The van der Waals surface area contributed by atoms with Crippen LogP contribution in [-0.4, -0.2) is 29.9 Å². The molecule has 0 unspecified atom stereocenters. The predicted molar refractivity (Wildman–Crippen MR) is 120 cm³/mol. The zero-order chi connectivity index (χ0) is 22.1. The molecule has 0 spiro atoms. The largest absolute Gasteiger partial charge is 0.508 e. The van der Waals surface area contributed by atoms with Crippen LogP contribution in [0.15, 0.2) is 77.9 Å². The van der Waals surface area contributed by atoms with Crippen LogP contribution in [0.1, 0.15) is 5.56 Å². The molecule has 0 bridgehead atoms. The maximum absolute atomic E-state index is 12.0. The molecule has 31 heavy (non-hydrogen) atoms. The van der Waals surface area contributed by atoms with Crippen molar-refractivity contribution in [1.82, 2.24) is 5.43 Å². The van der Waals surface area contributed by atoms with Crippen molar-refractivity contribution < 1.29 is 19.4 Å². The third-order valence-electron chi connectivity index (χ3n) is 3.88. The molecular weight excluding hydrogens is 420 g/mol. The van der Waals surface area contributed by atoms with E-state index in [4.69, 9.17) is 16.3 Å². The number of halogens is 1. The summed E-state index contributed by atoms with van der Waals surface area (Å²) in [7, 11) is 0. The van der Waals surface area contributed by atoms with Crippen LogP contribution in [0.2, 0.25) is 5.02 Å². The van der Waals surface area contributed by atoms with E-state index < -0.39 is 11.9 Å². The van der Waals surface area contributed by atoms with Crippen LogP contribution in [0.5, 0.6) is 11.5 Å². The minimum atomic E-state index is -0.431. The van der Waals surface area contributed by atoms with Gasteiger partial charge in [-0.1, -0.05) is 11.6 Å². The normalized spacial score (nSPS) is 10.5. The molecule has 158 valence electrons. The summed E-state index contributed by atoms with van der Waals surface area (Å²) in [6, 6.07) is 19.3. The number of carbonyl (C=O) groups is 2. The Kier molecular flexibility index (Phi) is 7.45. The summed E-state index contributed by atoms with van der Waals surface area (Å²) >= 11 is 5.81. The van der Waals surface area contributed by atoms with E-state index in [1.165, 1.54) is 18.3 Å². The third-order valence-corrected chi connectivity index (χ3v) is 4.13. The number of hydrogen-bond donors (Lipinski definition) is 4. The van der Waals surface area contributed by atoms with Crippen molar-refractivity contribution >= 4 is 41.1 Å².